The van der Waals surface area contributed by atoms with Gasteiger partial charge >= 0.3 is 5.97 Å². The van der Waals surface area contributed by atoms with Gasteiger partial charge in [-0.15, -0.1) is 0 Å². The molecule has 0 aromatic heterocycles. The van der Waals surface area contributed by atoms with Gasteiger partial charge in [-0.1, -0.05) is 30.3 Å². The Bertz CT molecular complexity index is 357. The molecular formula is C13H20N2O3. The van der Waals surface area contributed by atoms with Crippen molar-refractivity contribution in [3.05, 3.63) is 35.9 Å². The van der Waals surface area contributed by atoms with Crippen LogP contribution in [-0.4, -0.2) is 35.4 Å². The summed E-state index contributed by atoms with van der Waals surface area (Å²) in [4.78, 5) is 10.5. The van der Waals surface area contributed by atoms with Crippen LogP contribution < -0.4 is 11.1 Å². The highest BCUT2D eigenvalue weighted by atomic mass is 16.4. The monoisotopic (exact) mass is 252 g/mol. The molecule has 1 aromatic rings. The topological polar surface area (TPSA) is 95.6 Å². The van der Waals surface area contributed by atoms with Crippen molar-refractivity contribution in [1.82, 2.24) is 5.32 Å². The number of nitrogens with one attached hydrogen (secondary N) is 1. The third-order valence-corrected chi connectivity index (χ3v) is 2.78. The summed E-state index contributed by atoms with van der Waals surface area (Å²) in [7, 11) is 0. The fourth-order valence-corrected chi connectivity index (χ4v) is 1.69. The fourth-order valence-electron chi connectivity index (χ4n) is 1.69. The van der Waals surface area contributed by atoms with E-state index in [4.69, 9.17) is 10.8 Å². The predicted octanol–water partition coefficient (Wildman–Crippen LogP) is 0.502. The molecule has 1 rings (SSSR count). The number of aliphatic hydroxyl groups is 1. The zero-order valence-corrected chi connectivity index (χ0v) is 10.2. The lowest BCUT2D eigenvalue weighted by Crippen LogP contribution is -2.32. The van der Waals surface area contributed by atoms with Gasteiger partial charge in [0.1, 0.15) is 6.04 Å². The standard InChI is InChI=1S/C13H20N2O3/c14-11(13(17)18)7-4-8-15-12(9-16)10-5-2-1-3-6-10/h1-3,5-6,11-12,15-16H,4,7-9,14H2,(H,17,18)/t11-,12+/m0/s1. The molecule has 5 N–H and O–H groups in total. The lowest BCUT2D eigenvalue weighted by atomic mass is 10.1. The Morgan fingerprint density at radius 3 is 2.56 bits per heavy atom. The van der Waals surface area contributed by atoms with Crippen LogP contribution >= 0.6 is 0 Å². The number of aliphatic carboxylic acids is 1. The number of hydrogen-bond acceptors (Lipinski definition) is 4. The summed E-state index contributed by atoms with van der Waals surface area (Å²) in [5, 5.41) is 21.1. The van der Waals surface area contributed by atoms with E-state index in [1.165, 1.54) is 0 Å². The first-order valence-corrected chi connectivity index (χ1v) is 6.02. The molecule has 0 saturated carbocycles. The number of carboxylic acids is 1. The van der Waals surface area contributed by atoms with Crippen molar-refractivity contribution in [1.29, 1.82) is 0 Å². The van der Waals surface area contributed by atoms with E-state index in [0.717, 1.165) is 5.56 Å². The van der Waals surface area contributed by atoms with E-state index in [1.54, 1.807) is 0 Å². The highest BCUT2D eigenvalue weighted by Crippen LogP contribution is 2.11. The van der Waals surface area contributed by atoms with Gasteiger partial charge in [0.2, 0.25) is 0 Å². The zero-order valence-electron chi connectivity index (χ0n) is 10.2. The van der Waals surface area contributed by atoms with Gasteiger partial charge in [-0.2, -0.15) is 0 Å². The number of carbonyl (C=O) groups is 1. The molecule has 5 nitrogen and oxygen atoms in total. The van der Waals surface area contributed by atoms with Crippen molar-refractivity contribution in [2.24, 2.45) is 5.73 Å². The Morgan fingerprint density at radius 1 is 1.33 bits per heavy atom. The summed E-state index contributed by atoms with van der Waals surface area (Å²) in [6.45, 7) is 0.635. The van der Waals surface area contributed by atoms with Crippen molar-refractivity contribution >= 4 is 5.97 Å². The van der Waals surface area contributed by atoms with E-state index in [-0.39, 0.29) is 12.6 Å². The van der Waals surface area contributed by atoms with Gasteiger partial charge < -0.3 is 21.3 Å². The molecule has 0 radical (unpaired) electrons. The van der Waals surface area contributed by atoms with Crippen LogP contribution in [-0.2, 0) is 4.79 Å². The normalized spacial score (nSPS) is 14.1. The van der Waals surface area contributed by atoms with E-state index in [0.29, 0.717) is 19.4 Å². The van der Waals surface area contributed by atoms with Crippen molar-refractivity contribution in [3.63, 3.8) is 0 Å². The van der Waals surface area contributed by atoms with Gasteiger partial charge in [0.25, 0.3) is 0 Å². The van der Waals surface area contributed by atoms with Gasteiger partial charge in [0, 0.05) is 0 Å². The minimum absolute atomic E-state index is 0.00893. The van der Waals surface area contributed by atoms with Gasteiger partial charge in [-0.25, -0.2) is 0 Å². The van der Waals surface area contributed by atoms with Crippen LogP contribution in [0.25, 0.3) is 0 Å². The molecule has 0 unspecified atom stereocenters. The minimum Gasteiger partial charge on any atom is -0.480 e. The molecule has 18 heavy (non-hydrogen) atoms. The zero-order chi connectivity index (χ0) is 13.4. The largest absolute Gasteiger partial charge is 0.480 e. The van der Waals surface area contributed by atoms with Crippen LogP contribution in [0.1, 0.15) is 24.4 Å². The second-order valence-corrected chi connectivity index (χ2v) is 4.19. The average molecular weight is 252 g/mol. The lowest BCUT2D eigenvalue weighted by molar-refractivity contribution is -0.138. The first-order chi connectivity index (χ1) is 8.65. The van der Waals surface area contributed by atoms with E-state index >= 15 is 0 Å². The minimum atomic E-state index is -0.975. The predicted molar refractivity (Wildman–Crippen MR) is 69.1 cm³/mol. The van der Waals surface area contributed by atoms with Crippen molar-refractivity contribution in [2.45, 2.75) is 24.9 Å². The van der Waals surface area contributed by atoms with Crippen LogP contribution in [0, 0.1) is 0 Å². The number of carboxylic acid groups (broad SMARTS) is 1. The molecule has 0 aliphatic carbocycles. The maximum atomic E-state index is 10.5. The average Bonchev–Trinajstić information content (AvgIpc) is 2.39. The third kappa shape index (κ3) is 4.83. The van der Waals surface area contributed by atoms with Crippen LogP contribution in [0.15, 0.2) is 30.3 Å². The van der Waals surface area contributed by atoms with E-state index < -0.39 is 12.0 Å². The quantitative estimate of drug-likeness (QED) is 0.505. The van der Waals surface area contributed by atoms with Gasteiger partial charge in [0.15, 0.2) is 0 Å². The molecule has 0 saturated heterocycles. The molecule has 1 aromatic carbocycles. The summed E-state index contributed by atoms with van der Waals surface area (Å²) < 4.78 is 0. The summed E-state index contributed by atoms with van der Waals surface area (Å²) in [5.41, 5.74) is 6.42. The Hall–Kier alpha value is -1.43. The van der Waals surface area contributed by atoms with Crippen molar-refractivity contribution in [2.75, 3.05) is 13.2 Å². The molecular weight excluding hydrogens is 232 g/mol. The summed E-state index contributed by atoms with van der Waals surface area (Å²) in [6.07, 6.45) is 1.09. The smallest absolute Gasteiger partial charge is 0.320 e. The number of hydrogen-bond donors (Lipinski definition) is 4. The second kappa shape index (κ2) is 7.81. The lowest BCUT2D eigenvalue weighted by Gasteiger charge is -2.17. The number of benzene rings is 1. The maximum absolute atomic E-state index is 10.5. The SMILES string of the molecule is N[C@@H](CCCN[C@H](CO)c1ccccc1)C(=O)O. The number of aliphatic hydroxyl groups excluding tert-OH is 1. The molecule has 0 bridgehead atoms. The van der Waals surface area contributed by atoms with Gasteiger partial charge in [-0.3, -0.25) is 4.79 Å². The Labute approximate surface area is 107 Å². The van der Waals surface area contributed by atoms with Crippen LogP contribution in [0.2, 0.25) is 0 Å². The second-order valence-electron chi connectivity index (χ2n) is 4.19. The van der Waals surface area contributed by atoms with Crippen LogP contribution in [0.4, 0.5) is 0 Å². The fraction of sp³-hybridized carbons (Fsp3) is 0.462. The molecule has 0 aliphatic heterocycles. The number of rotatable bonds is 8. The Morgan fingerprint density at radius 2 is 2.00 bits per heavy atom. The van der Waals surface area contributed by atoms with Gasteiger partial charge in [-0.05, 0) is 24.9 Å². The molecule has 0 amide bonds. The van der Waals surface area contributed by atoms with Crippen LogP contribution in [0.3, 0.4) is 0 Å². The molecule has 0 fully saturated rings. The highest BCUT2D eigenvalue weighted by molar-refractivity contribution is 5.72. The van der Waals surface area contributed by atoms with Crippen molar-refractivity contribution in [3.8, 4) is 0 Å². The first-order valence-electron chi connectivity index (χ1n) is 6.02. The van der Waals surface area contributed by atoms with E-state index in [9.17, 15) is 9.90 Å². The molecule has 5 heteroatoms. The third-order valence-electron chi connectivity index (χ3n) is 2.78. The maximum Gasteiger partial charge on any atom is 0.320 e. The van der Waals surface area contributed by atoms with Crippen LogP contribution in [0.5, 0.6) is 0 Å². The molecule has 0 aliphatic rings. The Kier molecular flexibility index (Phi) is 6.35. The summed E-state index contributed by atoms with van der Waals surface area (Å²) in [5.74, 6) is -0.975. The van der Waals surface area contributed by atoms with Crippen molar-refractivity contribution < 1.29 is 15.0 Å². The summed E-state index contributed by atoms with van der Waals surface area (Å²) in [6, 6.07) is 8.71. The molecule has 2 atom stereocenters. The van der Waals surface area contributed by atoms with E-state index in [2.05, 4.69) is 5.32 Å². The molecule has 100 valence electrons. The van der Waals surface area contributed by atoms with E-state index in [1.807, 2.05) is 30.3 Å². The summed E-state index contributed by atoms with van der Waals surface area (Å²) >= 11 is 0. The molecule has 0 spiro atoms. The number of nitrogens with two attached hydrogens (primary N) is 1. The Balaban J connectivity index is 2.31. The highest BCUT2D eigenvalue weighted by Gasteiger charge is 2.12. The van der Waals surface area contributed by atoms with Gasteiger partial charge in [0.05, 0.1) is 12.6 Å². The molecule has 0 heterocycles. The first kappa shape index (κ1) is 14.6.